The molecule has 0 saturated carbocycles. The van der Waals surface area contributed by atoms with Crippen LogP contribution in [0.25, 0.3) is 0 Å². The van der Waals surface area contributed by atoms with E-state index in [4.69, 9.17) is 14.6 Å². The summed E-state index contributed by atoms with van der Waals surface area (Å²) in [6.45, 7) is -2.10. The Kier molecular flexibility index (Phi) is 29.6. The third kappa shape index (κ3) is 18.2. The summed E-state index contributed by atoms with van der Waals surface area (Å²) in [5.41, 5.74) is 0. The molecule has 276 valence electrons. The number of amides is 2. The summed E-state index contributed by atoms with van der Waals surface area (Å²) >= 11 is 0. The van der Waals surface area contributed by atoms with E-state index >= 15 is 0 Å². The number of aliphatic carboxylic acids is 1. The molecule has 2 amide bonds. The Bertz CT molecular complexity index is 918. The fraction of sp³-hybridized carbons (Fsp3) is 0.654. The average Bonchev–Trinajstić information content (AvgIpc) is 3.01. The Labute approximate surface area is 265 Å². The molecule has 48 heavy (non-hydrogen) atoms. The van der Waals surface area contributed by atoms with Crippen LogP contribution >= 0.6 is 0 Å². The standard InChI is InChI=1S/C19H33N2O14.C5H7O4.2CH3.2Db/c1-33-11(26)3-2-10(25)20-4-5-21-18(32)15(30)14(29)17(8(24)6-22)35-19-16(31)13(28)12(27)9(7-23)34-19;1-9-5(8)3-2-4(6)7;;;;/h8-9,12-17,19,22-24,27-31H,1-7H2,(H,20,25)(H,21,32);1-3H2,(H,6,7);2*1H3;;/q4*-1;;. The number of aliphatic hydroxyl groups excluding tert-OH is 8. The first-order valence-electron chi connectivity index (χ1n) is 12.9. The number of carboxylic acid groups (broad SMARTS) is 1. The maximum atomic E-state index is 12.2. The van der Waals surface area contributed by atoms with E-state index in [1.165, 1.54) is 0 Å². The van der Waals surface area contributed by atoms with E-state index in [0.717, 1.165) is 0 Å². The smallest absolute Gasteiger partial charge is 0.303 e. The molecule has 1 aliphatic rings. The molecule has 11 N–H and O–H groups in total. The molecule has 0 radical (unpaired) electrons. The van der Waals surface area contributed by atoms with E-state index in [9.17, 15) is 64.8 Å². The van der Waals surface area contributed by atoms with E-state index in [1.807, 2.05) is 0 Å². The second kappa shape index (κ2) is 27.1. The van der Waals surface area contributed by atoms with E-state index in [2.05, 4.69) is 34.3 Å². The van der Waals surface area contributed by atoms with E-state index in [1.54, 1.807) is 0 Å². The largest absolute Gasteiger partial charge is 0.640 e. The first-order chi connectivity index (χ1) is 20.6. The van der Waals surface area contributed by atoms with Gasteiger partial charge in [-0.2, -0.15) is 14.2 Å². The minimum absolute atomic E-state index is 0. The van der Waals surface area contributed by atoms with Crippen LogP contribution in [0.15, 0.2) is 0 Å². The summed E-state index contributed by atoms with van der Waals surface area (Å²) in [7, 11) is 5.73. The minimum Gasteiger partial charge on any atom is -0.640 e. The van der Waals surface area contributed by atoms with Crippen LogP contribution in [0.4, 0.5) is 0 Å². The van der Waals surface area contributed by atoms with Crippen LogP contribution in [-0.2, 0) is 42.9 Å². The molecule has 0 aromatic carbocycles. The van der Waals surface area contributed by atoms with Gasteiger partial charge in [0.1, 0.15) is 42.7 Å². The maximum absolute atomic E-state index is 12.2. The molecule has 22 heteroatoms. The Morgan fingerprint density at radius 2 is 1.27 bits per heavy atom. The number of rotatable bonds is 17. The summed E-state index contributed by atoms with van der Waals surface area (Å²) in [6.07, 6.45) is -17.6. The first kappa shape index (κ1) is 52.5. The number of esters is 2. The van der Waals surface area contributed by atoms with Gasteiger partial charge in [-0.1, -0.05) is 0 Å². The van der Waals surface area contributed by atoms with Crippen LogP contribution in [0.5, 0.6) is 0 Å². The topological polar surface area (TPSA) is 328 Å². The van der Waals surface area contributed by atoms with Gasteiger partial charge < -0.3 is 90.4 Å². The molecule has 20 nitrogen and oxygen atoms in total. The van der Waals surface area contributed by atoms with Crippen molar-refractivity contribution in [2.75, 3.05) is 26.3 Å². The van der Waals surface area contributed by atoms with Crippen molar-refractivity contribution in [2.45, 2.75) is 80.8 Å². The molecule has 9 atom stereocenters. The molecule has 1 saturated heterocycles. The van der Waals surface area contributed by atoms with E-state index in [0.29, 0.717) is 0 Å². The van der Waals surface area contributed by atoms with Crippen LogP contribution in [0.1, 0.15) is 25.7 Å². The Balaban J connectivity index is -0.000000415. The fourth-order valence-electron chi connectivity index (χ4n) is 3.32. The zero-order valence-electron chi connectivity index (χ0n) is 26.9. The molecule has 0 aliphatic carbocycles. The average molecular weight is 1210 g/mol. The molecular weight excluding hydrogens is 1160 g/mol. The van der Waals surface area contributed by atoms with Gasteiger partial charge >= 0.3 is 5.97 Å². The summed E-state index contributed by atoms with van der Waals surface area (Å²) in [5, 5.41) is 91.3. The number of aliphatic hydroxyl groups is 8. The zero-order chi connectivity index (χ0) is 34.0. The van der Waals surface area contributed by atoms with Crippen molar-refractivity contribution in [3.63, 3.8) is 0 Å². The molecule has 1 aliphatic heterocycles. The fourth-order valence-corrected chi connectivity index (χ4v) is 3.32. The molecule has 0 aromatic heterocycles. The van der Waals surface area contributed by atoms with Crippen LogP contribution in [-0.4, -0.2) is 157 Å². The monoisotopic (exact) mass is 1210 g/mol. The summed E-state index contributed by atoms with van der Waals surface area (Å²) in [6, 6.07) is 0. The Morgan fingerprint density at radius 3 is 1.73 bits per heavy atom. The Morgan fingerprint density at radius 1 is 0.771 bits per heavy atom. The molecule has 1 fully saturated rings. The van der Waals surface area contributed by atoms with Gasteiger partial charge in [-0.25, -0.2) is 0 Å². The zero-order valence-corrected chi connectivity index (χ0v) is 39.7. The van der Waals surface area contributed by atoms with Crippen LogP contribution in [0, 0.1) is 29.1 Å². The van der Waals surface area contributed by atoms with Gasteiger partial charge in [0, 0.05) is 19.5 Å². The number of carbonyl (C=O) groups excluding carboxylic acids is 4. The number of hydrogen-bond donors (Lipinski definition) is 11. The van der Waals surface area contributed by atoms with Gasteiger partial charge in [0.25, 0.3) is 17.8 Å². The Hall–Kier alpha value is -5.05. The third-order valence-electron chi connectivity index (χ3n) is 5.80. The van der Waals surface area contributed by atoms with E-state index < -0.39 is 98.1 Å². The predicted molar refractivity (Wildman–Crippen MR) is 152 cm³/mol. The number of carboxylic acids is 1. The van der Waals surface area contributed by atoms with Crippen LogP contribution in [0.3, 0.4) is 0 Å². The first-order valence-corrected chi connectivity index (χ1v) is 12.9. The summed E-state index contributed by atoms with van der Waals surface area (Å²) < 4.78 is 18.4. The van der Waals surface area contributed by atoms with Gasteiger partial charge in [0.05, 0.1) is 32.5 Å². The third-order valence-corrected chi connectivity index (χ3v) is 5.80. The van der Waals surface area contributed by atoms with Crippen molar-refractivity contribution >= 4 is 29.7 Å². The number of carbonyl (C=O) groups is 5. The summed E-state index contributed by atoms with van der Waals surface area (Å²) in [4.78, 5) is 54.6. The van der Waals surface area contributed by atoms with Gasteiger partial charge in [0.15, 0.2) is 12.4 Å². The molecule has 0 spiro atoms. The second-order valence-electron chi connectivity index (χ2n) is 9.05. The van der Waals surface area contributed by atoms with Crippen molar-refractivity contribution in [1.29, 1.82) is 0 Å². The van der Waals surface area contributed by atoms with Gasteiger partial charge in [-0.05, 0) is 0 Å². The van der Waals surface area contributed by atoms with Gasteiger partial charge in [-0.15, -0.1) is 0 Å². The SMILES string of the molecule is [CH2-]OC(=O)CCC(=O)NCCNC(=O)C(O)C(O)C(OC1OC(CO)C(O)C(O)C1O)C(O)CO.[CH2-]OC(=O)CCC(=O)O.[CH3-].[CH3-].[Db].[Db]. The van der Waals surface area contributed by atoms with Crippen molar-refractivity contribution < 1.29 is 88.9 Å². The molecule has 0 bridgehead atoms. The summed E-state index contributed by atoms with van der Waals surface area (Å²) in [5.74, 6) is -3.97. The normalized spacial score (nSPS) is 21.9. The molecule has 1 rings (SSSR count). The van der Waals surface area contributed by atoms with Crippen molar-refractivity contribution in [1.82, 2.24) is 10.6 Å². The van der Waals surface area contributed by atoms with Crippen molar-refractivity contribution in [3.8, 4) is 0 Å². The van der Waals surface area contributed by atoms with Crippen LogP contribution < -0.4 is 10.6 Å². The molecule has 9 unspecified atom stereocenters. The van der Waals surface area contributed by atoms with Crippen LogP contribution in [0.2, 0.25) is 0 Å². The molecular formula is C26H46Db2N2O18-4. The maximum Gasteiger partial charge on any atom is 0.303 e. The van der Waals surface area contributed by atoms with Gasteiger partial charge in [0.2, 0.25) is 5.91 Å². The second-order valence-corrected chi connectivity index (χ2v) is 9.05. The number of nitrogens with one attached hydrogen (secondary N) is 2. The van der Waals surface area contributed by atoms with Crippen molar-refractivity contribution in [3.05, 3.63) is 29.1 Å². The number of hydrogen-bond acceptors (Lipinski definition) is 17. The van der Waals surface area contributed by atoms with Crippen molar-refractivity contribution in [2.24, 2.45) is 0 Å². The predicted octanol–water partition coefficient (Wildman–Crippen LogP) is -5.32. The molecule has 0 aromatic rings. The van der Waals surface area contributed by atoms with E-state index in [-0.39, 0.29) is 53.6 Å². The number of ether oxygens (including phenoxy) is 4. The minimum atomic E-state index is -2.23. The van der Waals surface area contributed by atoms with Gasteiger partial charge in [-0.3, -0.25) is 24.0 Å². The molecule has 1 heterocycles. The quantitative estimate of drug-likeness (QED) is 0.0368.